The number of amides is 3. The summed E-state index contributed by atoms with van der Waals surface area (Å²) in [6.45, 7) is 0.350. The standard InChI is InChI=1S/C32H30N4O3/c1-36(2)26-19-17-23(18-20-26)21-29(35-30(37)25-13-7-4-8-14-25)32(39)34-28-16-10-9-15-27(28)31(38)33-22-24-11-5-3-6-12-24/h3-21H,22H2,1-2H3,(H,33,38)(H,34,39)(H,35,37)/b29-21+. The Labute approximate surface area is 228 Å². The van der Waals surface area contributed by atoms with E-state index in [9.17, 15) is 14.4 Å². The lowest BCUT2D eigenvalue weighted by Crippen LogP contribution is -2.31. The van der Waals surface area contributed by atoms with E-state index in [4.69, 9.17) is 0 Å². The molecule has 0 aromatic heterocycles. The monoisotopic (exact) mass is 518 g/mol. The number of benzene rings is 4. The summed E-state index contributed by atoms with van der Waals surface area (Å²) in [5.74, 6) is -1.30. The number of nitrogens with one attached hydrogen (secondary N) is 3. The highest BCUT2D eigenvalue weighted by Crippen LogP contribution is 2.18. The number of para-hydroxylation sites is 1. The number of hydrogen-bond acceptors (Lipinski definition) is 4. The highest BCUT2D eigenvalue weighted by molar-refractivity contribution is 6.13. The van der Waals surface area contributed by atoms with Crippen molar-refractivity contribution in [2.75, 3.05) is 24.3 Å². The molecule has 0 spiro atoms. The zero-order valence-electron chi connectivity index (χ0n) is 21.8. The molecule has 4 aromatic carbocycles. The molecule has 3 amide bonds. The van der Waals surface area contributed by atoms with Crippen LogP contribution in [0.25, 0.3) is 6.08 Å². The molecule has 0 atom stereocenters. The second-order valence-electron chi connectivity index (χ2n) is 9.03. The molecule has 3 N–H and O–H groups in total. The maximum atomic E-state index is 13.5. The van der Waals surface area contributed by atoms with Crippen LogP contribution in [0.4, 0.5) is 11.4 Å². The lowest BCUT2D eigenvalue weighted by Gasteiger charge is -2.15. The summed E-state index contributed by atoms with van der Waals surface area (Å²) in [6, 6.07) is 32.5. The first-order valence-corrected chi connectivity index (χ1v) is 12.5. The van der Waals surface area contributed by atoms with Crippen LogP contribution < -0.4 is 20.9 Å². The van der Waals surface area contributed by atoms with Crippen molar-refractivity contribution in [1.82, 2.24) is 10.6 Å². The van der Waals surface area contributed by atoms with Gasteiger partial charge in [-0.2, -0.15) is 0 Å². The molecule has 4 rings (SSSR count). The zero-order valence-corrected chi connectivity index (χ0v) is 21.8. The van der Waals surface area contributed by atoms with Gasteiger partial charge in [0.1, 0.15) is 5.70 Å². The Morgan fingerprint density at radius 1 is 0.718 bits per heavy atom. The second-order valence-corrected chi connectivity index (χ2v) is 9.03. The number of nitrogens with zero attached hydrogens (tertiary/aromatic N) is 1. The molecule has 0 aliphatic heterocycles. The summed E-state index contributed by atoms with van der Waals surface area (Å²) >= 11 is 0. The number of anilines is 2. The van der Waals surface area contributed by atoms with Crippen molar-refractivity contribution >= 4 is 35.2 Å². The van der Waals surface area contributed by atoms with Crippen molar-refractivity contribution in [3.05, 3.63) is 137 Å². The van der Waals surface area contributed by atoms with Crippen molar-refractivity contribution in [2.45, 2.75) is 6.54 Å². The number of carbonyl (C=O) groups is 3. The molecular weight excluding hydrogens is 488 g/mol. The Morgan fingerprint density at radius 3 is 2.00 bits per heavy atom. The topological polar surface area (TPSA) is 90.5 Å². The van der Waals surface area contributed by atoms with E-state index in [0.717, 1.165) is 16.8 Å². The SMILES string of the molecule is CN(C)c1ccc(/C=C(/NC(=O)c2ccccc2)C(=O)Nc2ccccc2C(=O)NCc2ccccc2)cc1. The summed E-state index contributed by atoms with van der Waals surface area (Å²) < 4.78 is 0. The molecule has 0 aliphatic rings. The minimum Gasteiger partial charge on any atom is -0.378 e. The van der Waals surface area contributed by atoms with Crippen molar-refractivity contribution in [3.8, 4) is 0 Å². The van der Waals surface area contributed by atoms with Crippen LogP contribution in [0.1, 0.15) is 31.8 Å². The van der Waals surface area contributed by atoms with Gasteiger partial charge in [0.05, 0.1) is 11.3 Å². The molecule has 0 bridgehead atoms. The van der Waals surface area contributed by atoms with Crippen LogP contribution in [0.2, 0.25) is 0 Å². The molecular formula is C32H30N4O3. The molecule has 0 saturated carbocycles. The van der Waals surface area contributed by atoms with Gasteiger partial charge in [0.2, 0.25) is 0 Å². The molecule has 39 heavy (non-hydrogen) atoms. The van der Waals surface area contributed by atoms with Gasteiger partial charge in [-0.25, -0.2) is 0 Å². The third kappa shape index (κ3) is 7.42. The Hall–Kier alpha value is -5.17. The van der Waals surface area contributed by atoms with E-state index in [2.05, 4.69) is 16.0 Å². The van der Waals surface area contributed by atoms with Gasteiger partial charge in [-0.15, -0.1) is 0 Å². The molecule has 7 heteroatoms. The largest absolute Gasteiger partial charge is 0.378 e. The van der Waals surface area contributed by atoms with Crippen LogP contribution in [0.15, 0.2) is 115 Å². The summed E-state index contributed by atoms with van der Waals surface area (Å²) in [7, 11) is 3.88. The van der Waals surface area contributed by atoms with Crippen molar-refractivity contribution in [1.29, 1.82) is 0 Å². The van der Waals surface area contributed by atoms with Gasteiger partial charge in [-0.05, 0) is 53.6 Å². The van der Waals surface area contributed by atoms with Gasteiger partial charge < -0.3 is 20.9 Å². The van der Waals surface area contributed by atoms with Gasteiger partial charge >= 0.3 is 0 Å². The summed E-state index contributed by atoms with van der Waals surface area (Å²) in [5, 5.41) is 8.43. The second kappa shape index (κ2) is 12.9. The number of hydrogen-bond donors (Lipinski definition) is 3. The van der Waals surface area contributed by atoms with Crippen molar-refractivity contribution in [3.63, 3.8) is 0 Å². The van der Waals surface area contributed by atoms with E-state index in [1.165, 1.54) is 0 Å². The van der Waals surface area contributed by atoms with E-state index in [0.29, 0.717) is 23.4 Å². The van der Waals surface area contributed by atoms with Crippen LogP contribution in [0, 0.1) is 0 Å². The molecule has 4 aromatic rings. The predicted molar refractivity (Wildman–Crippen MR) is 155 cm³/mol. The normalized spacial score (nSPS) is 10.9. The minimum absolute atomic E-state index is 0.0425. The number of rotatable bonds is 9. The Morgan fingerprint density at radius 2 is 1.33 bits per heavy atom. The van der Waals surface area contributed by atoms with Crippen LogP contribution in [-0.4, -0.2) is 31.8 Å². The van der Waals surface area contributed by atoms with E-state index >= 15 is 0 Å². The van der Waals surface area contributed by atoms with E-state index in [-0.39, 0.29) is 11.6 Å². The van der Waals surface area contributed by atoms with Gasteiger partial charge in [-0.1, -0.05) is 72.8 Å². The maximum absolute atomic E-state index is 13.5. The third-order valence-electron chi connectivity index (χ3n) is 5.97. The molecule has 196 valence electrons. The average Bonchev–Trinajstić information content (AvgIpc) is 2.97. The predicted octanol–water partition coefficient (Wildman–Crippen LogP) is 5.09. The molecule has 0 fully saturated rings. The fourth-order valence-electron chi connectivity index (χ4n) is 3.83. The summed E-state index contributed by atoms with van der Waals surface area (Å²) in [6.07, 6.45) is 1.60. The van der Waals surface area contributed by atoms with Crippen LogP contribution in [-0.2, 0) is 11.3 Å². The fourth-order valence-corrected chi connectivity index (χ4v) is 3.83. The van der Waals surface area contributed by atoms with Gasteiger partial charge in [-0.3, -0.25) is 14.4 Å². The lowest BCUT2D eigenvalue weighted by atomic mass is 10.1. The first-order valence-electron chi connectivity index (χ1n) is 12.5. The van der Waals surface area contributed by atoms with Crippen LogP contribution in [0.3, 0.4) is 0 Å². The lowest BCUT2D eigenvalue weighted by molar-refractivity contribution is -0.113. The van der Waals surface area contributed by atoms with Crippen LogP contribution in [0.5, 0.6) is 0 Å². The Balaban J connectivity index is 1.57. The van der Waals surface area contributed by atoms with E-state index < -0.39 is 11.8 Å². The maximum Gasteiger partial charge on any atom is 0.272 e. The fraction of sp³-hybridized carbons (Fsp3) is 0.0938. The van der Waals surface area contributed by atoms with Gasteiger partial charge in [0, 0.05) is 31.9 Å². The Bertz CT molecular complexity index is 1460. The molecule has 0 saturated heterocycles. The Kier molecular flexibility index (Phi) is 8.87. The zero-order chi connectivity index (χ0) is 27.6. The first-order chi connectivity index (χ1) is 18.9. The van der Waals surface area contributed by atoms with E-state index in [1.807, 2.05) is 79.7 Å². The highest BCUT2D eigenvalue weighted by Gasteiger charge is 2.18. The molecule has 0 radical (unpaired) electrons. The van der Waals surface area contributed by atoms with Crippen LogP contribution >= 0.6 is 0 Å². The first kappa shape index (κ1) is 26.9. The van der Waals surface area contributed by atoms with Crippen molar-refractivity contribution in [2.24, 2.45) is 0 Å². The highest BCUT2D eigenvalue weighted by atomic mass is 16.2. The van der Waals surface area contributed by atoms with Gasteiger partial charge in [0.15, 0.2) is 0 Å². The number of carbonyl (C=O) groups excluding carboxylic acids is 3. The quantitative estimate of drug-likeness (QED) is 0.269. The van der Waals surface area contributed by atoms with Gasteiger partial charge in [0.25, 0.3) is 17.7 Å². The molecule has 0 heterocycles. The third-order valence-corrected chi connectivity index (χ3v) is 5.97. The average molecular weight is 519 g/mol. The molecule has 0 unspecified atom stereocenters. The molecule has 0 aliphatic carbocycles. The molecule has 7 nitrogen and oxygen atoms in total. The van der Waals surface area contributed by atoms with Crippen molar-refractivity contribution < 1.29 is 14.4 Å². The van der Waals surface area contributed by atoms with E-state index in [1.54, 1.807) is 54.6 Å². The summed E-state index contributed by atoms with van der Waals surface area (Å²) in [4.78, 5) is 41.4. The minimum atomic E-state index is -0.556. The smallest absolute Gasteiger partial charge is 0.272 e. The summed E-state index contributed by atoms with van der Waals surface area (Å²) in [5.41, 5.74) is 3.79.